The molecule has 19 heavy (non-hydrogen) atoms. The van der Waals surface area contributed by atoms with Crippen LogP contribution in [0.25, 0.3) is 0 Å². The van der Waals surface area contributed by atoms with Crippen molar-refractivity contribution in [3.8, 4) is 5.75 Å². The molecule has 0 aliphatic carbocycles. The molecule has 1 aliphatic rings. The van der Waals surface area contributed by atoms with Crippen LogP contribution in [0.2, 0.25) is 0 Å². The lowest BCUT2D eigenvalue weighted by molar-refractivity contribution is 0.0957. The van der Waals surface area contributed by atoms with Crippen molar-refractivity contribution in [1.82, 2.24) is 5.32 Å². The van der Waals surface area contributed by atoms with Crippen LogP contribution >= 0.6 is 11.6 Å². The minimum Gasteiger partial charge on any atom is -0.491 e. The van der Waals surface area contributed by atoms with Crippen molar-refractivity contribution in [1.29, 1.82) is 0 Å². The molecule has 0 saturated heterocycles. The molecule has 1 aromatic rings. The lowest BCUT2D eigenvalue weighted by Gasteiger charge is -2.18. The highest BCUT2D eigenvalue weighted by molar-refractivity contribution is 6.21. The number of hydrogen-bond donors (Lipinski definition) is 1. The van der Waals surface area contributed by atoms with Gasteiger partial charge in [-0.25, -0.2) is 0 Å². The Balaban J connectivity index is 2.26. The van der Waals surface area contributed by atoms with Crippen molar-refractivity contribution in [2.75, 3.05) is 13.2 Å². The number of carbonyl (C=O) groups excluding carboxylic acids is 1. The fourth-order valence-electron chi connectivity index (χ4n) is 2.37. The Morgan fingerprint density at radius 1 is 1.47 bits per heavy atom. The van der Waals surface area contributed by atoms with Crippen LogP contribution in [0.1, 0.15) is 48.0 Å². The predicted octanol–water partition coefficient (Wildman–Crippen LogP) is 3.52. The Labute approximate surface area is 119 Å². The van der Waals surface area contributed by atoms with Gasteiger partial charge in [-0.15, -0.1) is 11.6 Å². The lowest BCUT2D eigenvalue weighted by atomic mass is 9.95. The highest BCUT2D eigenvalue weighted by atomic mass is 35.5. The summed E-state index contributed by atoms with van der Waals surface area (Å²) in [4.78, 5) is 11.9. The van der Waals surface area contributed by atoms with Crippen LogP contribution in [0.4, 0.5) is 0 Å². The van der Waals surface area contributed by atoms with Crippen molar-refractivity contribution >= 4 is 17.5 Å². The van der Waals surface area contributed by atoms with E-state index in [9.17, 15) is 4.79 Å². The monoisotopic (exact) mass is 281 g/mol. The number of benzene rings is 1. The van der Waals surface area contributed by atoms with Gasteiger partial charge in [0.1, 0.15) is 12.4 Å². The SMILES string of the molecule is CCCC(C)C(Cl)c1ccc2c(c1)C(=O)NCCO2. The number of ether oxygens (including phenoxy) is 1. The van der Waals surface area contributed by atoms with E-state index in [1.54, 1.807) is 0 Å². The molecule has 0 aromatic heterocycles. The van der Waals surface area contributed by atoms with Gasteiger partial charge in [0, 0.05) is 0 Å². The fraction of sp³-hybridized carbons (Fsp3) is 0.533. The van der Waals surface area contributed by atoms with Crippen LogP contribution in [0.15, 0.2) is 18.2 Å². The van der Waals surface area contributed by atoms with E-state index >= 15 is 0 Å². The zero-order valence-electron chi connectivity index (χ0n) is 11.4. The second kappa shape index (κ2) is 6.29. The van der Waals surface area contributed by atoms with Crippen LogP contribution in [-0.2, 0) is 0 Å². The highest BCUT2D eigenvalue weighted by Crippen LogP contribution is 2.34. The molecule has 2 unspecified atom stereocenters. The third-order valence-electron chi connectivity index (χ3n) is 3.46. The van der Waals surface area contributed by atoms with Gasteiger partial charge in [0.2, 0.25) is 0 Å². The Bertz CT molecular complexity index is 461. The number of nitrogens with one attached hydrogen (secondary N) is 1. The van der Waals surface area contributed by atoms with E-state index < -0.39 is 0 Å². The van der Waals surface area contributed by atoms with Crippen molar-refractivity contribution in [3.63, 3.8) is 0 Å². The van der Waals surface area contributed by atoms with E-state index in [1.807, 2.05) is 18.2 Å². The van der Waals surface area contributed by atoms with Gasteiger partial charge in [-0.05, 0) is 30.0 Å². The molecule has 104 valence electrons. The van der Waals surface area contributed by atoms with Crippen LogP contribution in [0.5, 0.6) is 5.75 Å². The third-order valence-corrected chi connectivity index (χ3v) is 4.14. The average molecular weight is 282 g/mol. The van der Waals surface area contributed by atoms with Gasteiger partial charge in [-0.3, -0.25) is 4.79 Å². The molecule has 0 bridgehead atoms. The first kappa shape index (κ1) is 14.2. The molecule has 3 nitrogen and oxygen atoms in total. The van der Waals surface area contributed by atoms with Gasteiger partial charge in [-0.1, -0.05) is 26.3 Å². The van der Waals surface area contributed by atoms with Gasteiger partial charge in [0.25, 0.3) is 5.91 Å². The molecular weight excluding hydrogens is 262 g/mol. The smallest absolute Gasteiger partial charge is 0.255 e. The number of amides is 1. The minimum absolute atomic E-state index is 0.0682. The first-order valence-corrected chi connectivity index (χ1v) is 7.26. The Morgan fingerprint density at radius 2 is 2.26 bits per heavy atom. The molecule has 1 aliphatic heterocycles. The number of alkyl halides is 1. The second-order valence-electron chi connectivity index (χ2n) is 5.03. The molecule has 1 aromatic carbocycles. The van der Waals surface area contributed by atoms with Crippen molar-refractivity contribution < 1.29 is 9.53 Å². The van der Waals surface area contributed by atoms with Gasteiger partial charge < -0.3 is 10.1 Å². The average Bonchev–Trinajstić information content (AvgIpc) is 2.60. The largest absolute Gasteiger partial charge is 0.491 e. The topological polar surface area (TPSA) is 38.3 Å². The highest BCUT2D eigenvalue weighted by Gasteiger charge is 2.21. The van der Waals surface area contributed by atoms with E-state index in [4.69, 9.17) is 16.3 Å². The van der Waals surface area contributed by atoms with Crippen LogP contribution in [0, 0.1) is 5.92 Å². The van der Waals surface area contributed by atoms with E-state index in [0.29, 0.717) is 30.4 Å². The van der Waals surface area contributed by atoms with Crippen LogP contribution in [0.3, 0.4) is 0 Å². The van der Waals surface area contributed by atoms with E-state index in [-0.39, 0.29) is 11.3 Å². The van der Waals surface area contributed by atoms with Crippen LogP contribution in [-0.4, -0.2) is 19.1 Å². The number of fused-ring (bicyclic) bond motifs is 1. The summed E-state index contributed by atoms with van der Waals surface area (Å²) < 4.78 is 5.54. The molecule has 2 rings (SSSR count). The van der Waals surface area contributed by atoms with Gasteiger partial charge in [0.15, 0.2) is 0 Å². The zero-order valence-corrected chi connectivity index (χ0v) is 12.2. The Kier molecular flexibility index (Phi) is 4.70. The van der Waals surface area contributed by atoms with E-state index in [2.05, 4.69) is 19.2 Å². The summed E-state index contributed by atoms with van der Waals surface area (Å²) in [7, 11) is 0. The molecular formula is C15H20ClNO2. The fourth-order valence-corrected chi connectivity index (χ4v) is 2.64. The lowest BCUT2D eigenvalue weighted by Crippen LogP contribution is -2.24. The maximum atomic E-state index is 11.9. The number of hydrogen-bond acceptors (Lipinski definition) is 2. The number of rotatable bonds is 4. The molecule has 0 fully saturated rings. The summed E-state index contributed by atoms with van der Waals surface area (Å²) in [5.41, 5.74) is 1.58. The molecule has 2 atom stereocenters. The first-order valence-electron chi connectivity index (χ1n) is 6.82. The first-order chi connectivity index (χ1) is 9.13. The molecule has 0 radical (unpaired) electrons. The van der Waals surface area contributed by atoms with Crippen molar-refractivity contribution in [2.45, 2.75) is 32.1 Å². The second-order valence-corrected chi connectivity index (χ2v) is 5.50. The van der Waals surface area contributed by atoms with Crippen LogP contribution < -0.4 is 10.1 Å². The van der Waals surface area contributed by atoms with Gasteiger partial charge in [-0.2, -0.15) is 0 Å². The molecule has 1 heterocycles. The maximum absolute atomic E-state index is 11.9. The Hall–Kier alpha value is -1.22. The summed E-state index contributed by atoms with van der Waals surface area (Å²) in [6, 6.07) is 5.67. The van der Waals surface area contributed by atoms with Crippen molar-refractivity contribution in [2.24, 2.45) is 5.92 Å². The summed E-state index contributed by atoms with van der Waals surface area (Å²) in [6.45, 7) is 5.34. The molecule has 1 amide bonds. The summed E-state index contributed by atoms with van der Waals surface area (Å²) >= 11 is 6.49. The molecule has 4 heteroatoms. The summed E-state index contributed by atoms with van der Waals surface area (Å²) in [5, 5.41) is 2.75. The Morgan fingerprint density at radius 3 is 3.00 bits per heavy atom. The molecule has 0 spiro atoms. The normalized spacial score (nSPS) is 17.7. The third kappa shape index (κ3) is 3.21. The summed E-state index contributed by atoms with van der Waals surface area (Å²) in [6.07, 6.45) is 2.19. The molecule has 1 N–H and O–H groups in total. The van der Waals surface area contributed by atoms with E-state index in [1.165, 1.54) is 0 Å². The predicted molar refractivity (Wildman–Crippen MR) is 76.9 cm³/mol. The molecule has 0 saturated carbocycles. The maximum Gasteiger partial charge on any atom is 0.255 e. The van der Waals surface area contributed by atoms with Gasteiger partial charge in [0.05, 0.1) is 17.5 Å². The summed E-state index contributed by atoms with van der Waals surface area (Å²) in [5.74, 6) is 0.951. The zero-order chi connectivity index (χ0) is 13.8. The standard InChI is InChI=1S/C15H20ClNO2/c1-3-4-10(2)14(16)11-5-6-13-12(9-11)15(18)17-7-8-19-13/h5-6,9-10,14H,3-4,7-8H2,1-2H3,(H,17,18). The quantitative estimate of drug-likeness (QED) is 0.858. The van der Waals surface area contributed by atoms with Gasteiger partial charge >= 0.3 is 0 Å². The number of carbonyl (C=O) groups is 1. The van der Waals surface area contributed by atoms with Crippen molar-refractivity contribution in [3.05, 3.63) is 29.3 Å². The van der Waals surface area contributed by atoms with E-state index in [0.717, 1.165) is 18.4 Å². The minimum atomic E-state index is -0.0821. The number of halogens is 1.